The van der Waals surface area contributed by atoms with Crippen molar-refractivity contribution in [2.45, 2.75) is 19.1 Å². The first kappa shape index (κ1) is 13.1. The molecule has 1 aliphatic rings. The fraction of sp³-hybridized carbons (Fsp3) is 0.385. The van der Waals surface area contributed by atoms with Crippen LogP contribution in [0.3, 0.4) is 0 Å². The number of hydrogen-bond acceptors (Lipinski definition) is 4. The summed E-state index contributed by atoms with van der Waals surface area (Å²) in [5.41, 5.74) is 6.50. The minimum Gasteiger partial charge on any atom is -0.329 e. The van der Waals surface area contributed by atoms with Crippen LogP contribution >= 0.6 is 0 Å². The van der Waals surface area contributed by atoms with Gasteiger partial charge in [-0.25, -0.2) is 8.78 Å². The van der Waals surface area contributed by atoms with Gasteiger partial charge in [0.2, 0.25) is 0 Å². The van der Waals surface area contributed by atoms with Crippen molar-refractivity contribution in [2.75, 3.05) is 13.1 Å². The van der Waals surface area contributed by atoms with Gasteiger partial charge in [-0.05, 0) is 17.7 Å². The summed E-state index contributed by atoms with van der Waals surface area (Å²) < 4.78 is 28.4. The van der Waals surface area contributed by atoms with Crippen molar-refractivity contribution >= 4 is 0 Å². The topological polar surface area (TPSA) is 60.0 Å². The van der Waals surface area contributed by atoms with Crippen LogP contribution < -0.4 is 5.73 Å². The number of aromatic nitrogens is 3. The summed E-state index contributed by atoms with van der Waals surface area (Å²) in [5.74, 6) is -0.832. The monoisotopic (exact) mass is 279 g/mol. The lowest BCUT2D eigenvalue weighted by molar-refractivity contribution is 0.156. The molecule has 0 radical (unpaired) electrons. The molecule has 0 saturated carbocycles. The second-order valence-corrected chi connectivity index (χ2v) is 4.84. The first-order valence-corrected chi connectivity index (χ1v) is 6.45. The summed E-state index contributed by atoms with van der Waals surface area (Å²) in [6, 6.07) is 3.77. The van der Waals surface area contributed by atoms with Gasteiger partial charge in [0, 0.05) is 25.7 Å². The molecule has 1 atom stereocenters. The lowest BCUT2D eigenvalue weighted by Crippen LogP contribution is -2.39. The summed E-state index contributed by atoms with van der Waals surface area (Å²) in [6.45, 7) is 2.47. The summed E-state index contributed by atoms with van der Waals surface area (Å²) >= 11 is 0. The molecule has 5 nitrogen and oxygen atoms in total. The van der Waals surface area contributed by atoms with Crippen molar-refractivity contribution in [1.82, 2.24) is 19.7 Å². The van der Waals surface area contributed by atoms with Crippen LogP contribution in [0.25, 0.3) is 0 Å². The van der Waals surface area contributed by atoms with Crippen molar-refractivity contribution in [3.63, 3.8) is 0 Å². The van der Waals surface area contributed by atoms with Gasteiger partial charge in [-0.3, -0.25) is 4.90 Å². The predicted octanol–water partition coefficient (Wildman–Crippen LogP) is 1.07. The Labute approximate surface area is 115 Å². The van der Waals surface area contributed by atoms with E-state index in [-0.39, 0.29) is 6.04 Å². The molecule has 1 aromatic heterocycles. The van der Waals surface area contributed by atoms with Gasteiger partial charge in [-0.1, -0.05) is 6.07 Å². The van der Waals surface area contributed by atoms with Crippen molar-refractivity contribution in [2.24, 2.45) is 5.73 Å². The Kier molecular flexibility index (Phi) is 3.45. The van der Waals surface area contributed by atoms with Crippen LogP contribution in [0.4, 0.5) is 8.78 Å². The third-order valence-electron chi connectivity index (χ3n) is 3.66. The molecule has 0 amide bonds. The lowest BCUT2D eigenvalue weighted by Gasteiger charge is -2.34. The Hall–Kier alpha value is -1.86. The predicted molar refractivity (Wildman–Crippen MR) is 68.6 cm³/mol. The number of hydrogen-bond donors (Lipinski definition) is 1. The summed E-state index contributed by atoms with van der Waals surface area (Å²) in [5, 5.41) is 7.91. The molecule has 0 fully saturated rings. The third-order valence-corrected chi connectivity index (χ3v) is 3.66. The van der Waals surface area contributed by atoms with Gasteiger partial charge in [0.15, 0.2) is 11.6 Å². The summed E-state index contributed by atoms with van der Waals surface area (Å²) in [6.07, 6.45) is 1.70. The van der Waals surface area contributed by atoms with E-state index in [9.17, 15) is 8.78 Å². The molecule has 20 heavy (non-hydrogen) atoms. The Bertz CT molecular complexity index is 613. The normalized spacial score (nSPS) is 16.9. The minimum absolute atomic E-state index is 0.157. The van der Waals surface area contributed by atoms with E-state index in [1.165, 1.54) is 6.07 Å². The standard InChI is InChI=1S/C13H15F2N5/c14-10-2-1-9(5-11(10)15)12(6-16)19-3-4-20-8-17-18-13(20)7-19/h1-2,5,8,12H,3-4,6-7,16H2. The number of fused-ring (bicyclic) bond motifs is 1. The van der Waals surface area contributed by atoms with E-state index < -0.39 is 11.6 Å². The maximum Gasteiger partial charge on any atom is 0.159 e. The number of nitrogens with zero attached hydrogens (tertiary/aromatic N) is 4. The molecule has 0 spiro atoms. The van der Waals surface area contributed by atoms with Crippen molar-refractivity contribution in [1.29, 1.82) is 0 Å². The maximum absolute atomic E-state index is 13.4. The molecular formula is C13H15F2N5. The van der Waals surface area contributed by atoms with Crippen LogP contribution in [-0.2, 0) is 13.1 Å². The Morgan fingerprint density at radius 3 is 2.85 bits per heavy atom. The number of benzene rings is 1. The van der Waals surface area contributed by atoms with Crippen molar-refractivity contribution < 1.29 is 8.78 Å². The summed E-state index contributed by atoms with van der Waals surface area (Å²) in [7, 11) is 0. The zero-order valence-corrected chi connectivity index (χ0v) is 10.8. The van der Waals surface area contributed by atoms with E-state index in [1.54, 1.807) is 12.4 Å². The fourth-order valence-electron chi connectivity index (χ4n) is 2.57. The molecule has 106 valence electrons. The Balaban J connectivity index is 1.85. The van der Waals surface area contributed by atoms with E-state index in [0.717, 1.165) is 25.0 Å². The van der Waals surface area contributed by atoms with Crippen molar-refractivity contribution in [3.8, 4) is 0 Å². The highest BCUT2D eigenvalue weighted by atomic mass is 19.2. The zero-order valence-electron chi connectivity index (χ0n) is 10.8. The molecule has 1 aliphatic heterocycles. The molecular weight excluding hydrogens is 264 g/mol. The molecule has 2 heterocycles. The highest BCUT2D eigenvalue weighted by Crippen LogP contribution is 2.25. The average molecular weight is 279 g/mol. The number of nitrogens with two attached hydrogens (primary N) is 1. The van der Waals surface area contributed by atoms with Gasteiger partial charge >= 0.3 is 0 Å². The molecule has 0 aliphatic carbocycles. The van der Waals surface area contributed by atoms with Gasteiger partial charge in [-0.2, -0.15) is 0 Å². The van der Waals surface area contributed by atoms with E-state index in [2.05, 4.69) is 15.1 Å². The fourth-order valence-corrected chi connectivity index (χ4v) is 2.57. The third kappa shape index (κ3) is 2.30. The molecule has 3 rings (SSSR count). The highest BCUT2D eigenvalue weighted by molar-refractivity contribution is 5.22. The van der Waals surface area contributed by atoms with Crippen LogP contribution in [0.5, 0.6) is 0 Å². The quantitative estimate of drug-likeness (QED) is 0.913. The SMILES string of the molecule is NCC(c1ccc(F)c(F)c1)N1CCn2cnnc2C1. The first-order valence-electron chi connectivity index (χ1n) is 6.45. The van der Waals surface area contributed by atoms with Gasteiger partial charge in [-0.15, -0.1) is 10.2 Å². The lowest BCUT2D eigenvalue weighted by atomic mass is 10.0. The van der Waals surface area contributed by atoms with Crippen LogP contribution in [0.2, 0.25) is 0 Å². The molecule has 2 aromatic rings. The minimum atomic E-state index is -0.846. The van der Waals surface area contributed by atoms with Gasteiger partial charge in [0.05, 0.1) is 6.54 Å². The maximum atomic E-state index is 13.4. The van der Waals surface area contributed by atoms with Crippen LogP contribution in [-0.4, -0.2) is 32.8 Å². The van der Waals surface area contributed by atoms with Gasteiger partial charge in [0.25, 0.3) is 0 Å². The van der Waals surface area contributed by atoms with E-state index in [0.29, 0.717) is 18.7 Å². The highest BCUT2D eigenvalue weighted by Gasteiger charge is 2.25. The molecule has 1 unspecified atom stereocenters. The Morgan fingerprint density at radius 1 is 1.25 bits per heavy atom. The largest absolute Gasteiger partial charge is 0.329 e. The van der Waals surface area contributed by atoms with Crippen LogP contribution in [0.1, 0.15) is 17.4 Å². The zero-order chi connectivity index (χ0) is 14.1. The van der Waals surface area contributed by atoms with Gasteiger partial charge in [0.1, 0.15) is 12.2 Å². The van der Waals surface area contributed by atoms with E-state index >= 15 is 0 Å². The second-order valence-electron chi connectivity index (χ2n) is 4.84. The van der Waals surface area contributed by atoms with Crippen LogP contribution in [0.15, 0.2) is 24.5 Å². The van der Waals surface area contributed by atoms with Gasteiger partial charge < -0.3 is 10.3 Å². The summed E-state index contributed by atoms with van der Waals surface area (Å²) in [4.78, 5) is 2.11. The van der Waals surface area contributed by atoms with E-state index in [4.69, 9.17) is 5.73 Å². The van der Waals surface area contributed by atoms with E-state index in [1.807, 2.05) is 4.57 Å². The van der Waals surface area contributed by atoms with Crippen molar-refractivity contribution in [3.05, 3.63) is 47.5 Å². The Morgan fingerprint density at radius 2 is 2.10 bits per heavy atom. The second kappa shape index (κ2) is 5.26. The smallest absolute Gasteiger partial charge is 0.159 e. The molecule has 0 bridgehead atoms. The molecule has 1 aromatic carbocycles. The van der Waals surface area contributed by atoms with Crippen LogP contribution in [0, 0.1) is 11.6 Å². The number of halogens is 2. The molecule has 0 saturated heterocycles. The molecule has 7 heteroatoms. The number of rotatable bonds is 3. The first-order chi connectivity index (χ1) is 9.69. The average Bonchev–Trinajstić information content (AvgIpc) is 2.91. The molecule has 2 N–H and O–H groups in total.